The van der Waals surface area contributed by atoms with Crippen molar-refractivity contribution in [2.45, 2.75) is 32.6 Å². The van der Waals surface area contributed by atoms with Crippen LogP contribution in [0.5, 0.6) is 0 Å². The Balaban J connectivity index is 1.81. The number of urea groups is 1. The van der Waals surface area contributed by atoms with Gasteiger partial charge in [-0.3, -0.25) is 4.79 Å². The summed E-state index contributed by atoms with van der Waals surface area (Å²) in [6, 6.07) is 14.0. The molecule has 0 radical (unpaired) electrons. The average molecular weight is 516 g/mol. The van der Waals surface area contributed by atoms with E-state index >= 15 is 0 Å². The molecular formula is C26H31ClFN5O3. The van der Waals surface area contributed by atoms with Gasteiger partial charge in [0.15, 0.2) is 0 Å². The number of anilines is 2. The molecule has 3 rings (SSSR count). The molecule has 3 aromatic rings. The molecule has 0 saturated heterocycles. The fourth-order valence-electron chi connectivity index (χ4n) is 3.42. The van der Waals surface area contributed by atoms with Gasteiger partial charge in [0.25, 0.3) is 0 Å². The van der Waals surface area contributed by atoms with Gasteiger partial charge in [-0.25, -0.2) is 13.9 Å². The number of aromatic nitrogens is 2. The summed E-state index contributed by atoms with van der Waals surface area (Å²) in [6.07, 6.45) is 0.520. The van der Waals surface area contributed by atoms with Crippen LogP contribution in [-0.2, 0) is 14.9 Å². The van der Waals surface area contributed by atoms with E-state index in [1.165, 1.54) is 23.1 Å². The number of nitrogens with one attached hydrogen (secondary N) is 2. The summed E-state index contributed by atoms with van der Waals surface area (Å²) in [5.74, 6) is -0.463. The van der Waals surface area contributed by atoms with E-state index in [0.717, 1.165) is 5.69 Å². The lowest BCUT2D eigenvalue weighted by atomic mass is 9.92. The van der Waals surface area contributed by atoms with Gasteiger partial charge in [0.2, 0.25) is 5.91 Å². The zero-order valence-electron chi connectivity index (χ0n) is 20.8. The van der Waals surface area contributed by atoms with Crippen molar-refractivity contribution in [3.8, 4) is 5.69 Å². The number of amides is 3. The Morgan fingerprint density at radius 2 is 1.86 bits per heavy atom. The van der Waals surface area contributed by atoms with Crippen LogP contribution in [0.1, 0.15) is 32.9 Å². The summed E-state index contributed by atoms with van der Waals surface area (Å²) >= 11 is 6.40. The second kappa shape index (κ2) is 12.0. The molecule has 0 aliphatic heterocycles. The van der Waals surface area contributed by atoms with Crippen LogP contribution in [-0.4, -0.2) is 53.4 Å². The fourth-order valence-corrected chi connectivity index (χ4v) is 3.64. The number of ether oxygens (including phenoxy) is 1. The van der Waals surface area contributed by atoms with Gasteiger partial charge in [-0.1, -0.05) is 50.6 Å². The number of benzene rings is 2. The monoisotopic (exact) mass is 515 g/mol. The highest BCUT2D eigenvalue weighted by Crippen LogP contribution is 2.29. The van der Waals surface area contributed by atoms with Crippen LogP contribution in [0.25, 0.3) is 5.69 Å². The van der Waals surface area contributed by atoms with E-state index in [1.807, 2.05) is 32.9 Å². The van der Waals surface area contributed by atoms with Crippen molar-refractivity contribution in [3.63, 3.8) is 0 Å². The number of carbonyl (C=O) groups excluding carboxylic acids is 2. The highest BCUT2D eigenvalue weighted by Gasteiger charge is 2.24. The molecular weight excluding hydrogens is 485 g/mol. The Morgan fingerprint density at radius 1 is 1.11 bits per heavy atom. The maximum absolute atomic E-state index is 13.5. The molecule has 0 unspecified atom stereocenters. The highest BCUT2D eigenvalue weighted by atomic mass is 35.5. The second-order valence-electron chi connectivity index (χ2n) is 9.28. The number of nitrogens with zero attached hydrogens (tertiary/aromatic N) is 3. The Morgan fingerprint density at radius 3 is 2.53 bits per heavy atom. The van der Waals surface area contributed by atoms with Crippen LogP contribution in [0.4, 0.5) is 20.7 Å². The number of hydrogen-bond acceptors (Lipinski definition) is 4. The second-order valence-corrected chi connectivity index (χ2v) is 9.69. The average Bonchev–Trinajstić information content (AvgIpc) is 3.23. The summed E-state index contributed by atoms with van der Waals surface area (Å²) < 4.78 is 20.2. The summed E-state index contributed by atoms with van der Waals surface area (Å²) in [5.41, 5.74) is 1.40. The highest BCUT2D eigenvalue weighted by molar-refractivity contribution is 6.32. The van der Waals surface area contributed by atoms with Crippen LogP contribution in [0.15, 0.2) is 54.6 Å². The molecule has 0 bridgehead atoms. The van der Waals surface area contributed by atoms with Crippen molar-refractivity contribution in [1.29, 1.82) is 0 Å². The Kier molecular flexibility index (Phi) is 9.06. The lowest BCUT2D eigenvalue weighted by molar-refractivity contribution is -0.116. The zero-order valence-corrected chi connectivity index (χ0v) is 21.6. The molecule has 0 atom stereocenters. The fraction of sp³-hybridized carbons (Fsp3) is 0.346. The predicted octanol–water partition coefficient (Wildman–Crippen LogP) is 5.47. The first-order valence-electron chi connectivity index (χ1n) is 11.5. The molecule has 1 heterocycles. The van der Waals surface area contributed by atoms with Crippen molar-refractivity contribution in [2.24, 2.45) is 0 Å². The number of halogens is 2. The number of methoxy groups -OCH3 is 1. The van der Waals surface area contributed by atoms with E-state index in [2.05, 4.69) is 15.7 Å². The van der Waals surface area contributed by atoms with E-state index in [1.54, 1.807) is 36.1 Å². The number of hydrogen-bond donors (Lipinski definition) is 2. The number of rotatable bonds is 9. The summed E-state index contributed by atoms with van der Waals surface area (Å²) in [6.45, 7) is 6.51. The summed E-state index contributed by atoms with van der Waals surface area (Å²) in [5, 5.41) is 10.7. The van der Waals surface area contributed by atoms with Crippen molar-refractivity contribution < 1.29 is 18.7 Å². The topological polar surface area (TPSA) is 88.5 Å². The first kappa shape index (κ1) is 27.2. The SMILES string of the molecule is COCCCN(CC(=O)Nc1cc(C(C)(C)C)nn1-c1ccccc1Cl)C(=O)Nc1cccc(F)c1. The van der Waals surface area contributed by atoms with Gasteiger partial charge in [-0.15, -0.1) is 0 Å². The molecule has 0 spiro atoms. The summed E-state index contributed by atoms with van der Waals surface area (Å²) in [7, 11) is 1.56. The van der Waals surface area contributed by atoms with E-state index in [-0.39, 0.29) is 18.5 Å². The van der Waals surface area contributed by atoms with Gasteiger partial charge in [-0.05, 0) is 36.8 Å². The standard InChI is InChI=1S/C26H31ClFN5O3/c1-26(2,3)22-16-23(33(31-22)21-12-6-5-11-20(21)27)30-24(34)17-32(13-8-14-36-4)25(35)29-19-10-7-9-18(28)15-19/h5-7,9-12,15-16H,8,13-14,17H2,1-4H3,(H,29,35)(H,30,34). The zero-order chi connectivity index (χ0) is 26.3. The normalized spacial score (nSPS) is 11.3. The molecule has 3 amide bonds. The third kappa shape index (κ3) is 7.29. The van der Waals surface area contributed by atoms with Crippen molar-refractivity contribution in [1.82, 2.24) is 14.7 Å². The minimum atomic E-state index is -0.526. The molecule has 8 nitrogen and oxygen atoms in total. The third-order valence-electron chi connectivity index (χ3n) is 5.30. The number of para-hydroxylation sites is 1. The quantitative estimate of drug-likeness (QED) is 0.370. The Labute approximate surface area is 215 Å². The minimum absolute atomic E-state index is 0.233. The largest absolute Gasteiger partial charge is 0.385 e. The number of carbonyl (C=O) groups is 2. The van der Waals surface area contributed by atoms with Gasteiger partial charge in [0.05, 0.1) is 16.4 Å². The molecule has 2 aromatic carbocycles. The molecule has 192 valence electrons. The maximum atomic E-state index is 13.5. The van der Waals surface area contributed by atoms with Gasteiger partial charge >= 0.3 is 6.03 Å². The van der Waals surface area contributed by atoms with Crippen LogP contribution in [0.2, 0.25) is 5.02 Å². The van der Waals surface area contributed by atoms with E-state index in [9.17, 15) is 14.0 Å². The van der Waals surface area contributed by atoms with Crippen LogP contribution >= 0.6 is 11.6 Å². The lowest BCUT2D eigenvalue weighted by Gasteiger charge is -2.22. The molecule has 0 fully saturated rings. The molecule has 10 heteroatoms. The predicted molar refractivity (Wildman–Crippen MR) is 139 cm³/mol. The van der Waals surface area contributed by atoms with Crippen LogP contribution in [0.3, 0.4) is 0 Å². The van der Waals surface area contributed by atoms with E-state index in [4.69, 9.17) is 16.3 Å². The van der Waals surface area contributed by atoms with Gasteiger partial charge in [-0.2, -0.15) is 5.10 Å². The molecule has 1 aromatic heterocycles. The van der Waals surface area contributed by atoms with Gasteiger partial charge in [0, 0.05) is 37.4 Å². The molecule has 0 aliphatic carbocycles. The maximum Gasteiger partial charge on any atom is 0.322 e. The minimum Gasteiger partial charge on any atom is -0.385 e. The van der Waals surface area contributed by atoms with Gasteiger partial charge in [0.1, 0.15) is 18.2 Å². The molecule has 36 heavy (non-hydrogen) atoms. The Bertz CT molecular complexity index is 1210. The first-order chi connectivity index (χ1) is 17.1. The summed E-state index contributed by atoms with van der Waals surface area (Å²) in [4.78, 5) is 27.4. The van der Waals surface area contributed by atoms with Gasteiger partial charge < -0.3 is 20.3 Å². The van der Waals surface area contributed by atoms with E-state index in [0.29, 0.717) is 35.2 Å². The molecule has 0 saturated carbocycles. The van der Waals surface area contributed by atoms with Crippen LogP contribution < -0.4 is 10.6 Å². The smallest absolute Gasteiger partial charge is 0.322 e. The first-order valence-corrected chi connectivity index (χ1v) is 11.9. The lowest BCUT2D eigenvalue weighted by Crippen LogP contribution is -2.41. The third-order valence-corrected chi connectivity index (χ3v) is 5.62. The van der Waals surface area contributed by atoms with Crippen molar-refractivity contribution in [3.05, 3.63) is 71.1 Å². The van der Waals surface area contributed by atoms with E-state index < -0.39 is 17.8 Å². The van der Waals surface area contributed by atoms with Crippen LogP contribution in [0, 0.1) is 5.82 Å². The molecule has 0 aliphatic rings. The molecule has 2 N–H and O–H groups in total. The van der Waals surface area contributed by atoms with Crippen molar-refractivity contribution >= 4 is 35.0 Å². The van der Waals surface area contributed by atoms with Crippen molar-refractivity contribution in [2.75, 3.05) is 37.4 Å². The Hall–Kier alpha value is -3.43.